The third kappa shape index (κ3) is 2.67. The molecule has 3 heteroatoms. The second-order valence-corrected chi connectivity index (χ2v) is 4.40. The van der Waals surface area contributed by atoms with Crippen molar-refractivity contribution in [1.29, 1.82) is 0 Å². The zero-order valence-electron chi connectivity index (χ0n) is 10.7. The summed E-state index contributed by atoms with van der Waals surface area (Å²) in [7, 11) is 0. The van der Waals surface area contributed by atoms with Crippen molar-refractivity contribution in [3.63, 3.8) is 0 Å². The lowest BCUT2D eigenvalue weighted by Gasteiger charge is -2.14. The standard InChI is InChI=1S/C14H18N2O/c1-9-5-7-13(11(3)15-9)16-12(4)14-8-6-10(2)17-14/h5-8,12,16H,1-4H3. The minimum absolute atomic E-state index is 0.145. The molecule has 0 spiro atoms. The number of furan rings is 1. The van der Waals surface area contributed by atoms with Crippen LogP contribution in [0, 0.1) is 20.8 Å². The summed E-state index contributed by atoms with van der Waals surface area (Å²) in [5.74, 6) is 1.88. The lowest BCUT2D eigenvalue weighted by atomic mass is 10.2. The largest absolute Gasteiger partial charge is 0.464 e. The highest BCUT2D eigenvalue weighted by Gasteiger charge is 2.10. The van der Waals surface area contributed by atoms with Gasteiger partial charge in [0.05, 0.1) is 17.4 Å². The van der Waals surface area contributed by atoms with Crippen LogP contribution in [0.2, 0.25) is 0 Å². The van der Waals surface area contributed by atoms with Gasteiger partial charge in [-0.25, -0.2) is 0 Å². The van der Waals surface area contributed by atoms with Crippen LogP contribution in [0.3, 0.4) is 0 Å². The quantitative estimate of drug-likeness (QED) is 0.872. The molecule has 17 heavy (non-hydrogen) atoms. The minimum Gasteiger partial charge on any atom is -0.464 e. The van der Waals surface area contributed by atoms with Crippen molar-refractivity contribution >= 4 is 5.69 Å². The molecule has 0 aliphatic rings. The normalized spacial score (nSPS) is 12.5. The first-order valence-corrected chi connectivity index (χ1v) is 5.83. The number of hydrogen-bond donors (Lipinski definition) is 1. The smallest absolute Gasteiger partial charge is 0.126 e. The van der Waals surface area contributed by atoms with Gasteiger partial charge in [0.15, 0.2) is 0 Å². The molecule has 0 saturated carbocycles. The van der Waals surface area contributed by atoms with Crippen LogP contribution in [0.4, 0.5) is 5.69 Å². The molecular formula is C14H18N2O. The molecule has 0 aromatic carbocycles. The minimum atomic E-state index is 0.145. The number of aryl methyl sites for hydroxylation is 3. The first kappa shape index (κ1) is 11.7. The van der Waals surface area contributed by atoms with E-state index in [4.69, 9.17) is 4.42 Å². The molecule has 0 aliphatic heterocycles. The Balaban J connectivity index is 2.15. The number of aromatic nitrogens is 1. The number of hydrogen-bond acceptors (Lipinski definition) is 3. The predicted octanol–water partition coefficient (Wildman–Crippen LogP) is 3.77. The molecule has 1 atom stereocenters. The van der Waals surface area contributed by atoms with Gasteiger partial charge in [0.25, 0.3) is 0 Å². The van der Waals surface area contributed by atoms with Gasteiger partial charge in [-0.1, -0.05) is 0 Å². The lowest BCUT2D eigenvalue weighted by Crippen LogP contribution is -2.07. The van der Waals surface area contributed by atoms with E-state index in [0.717, 1.165) is 28.6 Å². The van der Waals surface area contributed by atoms with Gasteiger partial charge in [-0.2, -0.15) is 0 Å². The SMILES string of the molecule is Cc1ccc(NC(C)c2ccc(C)o2)c(C)n1. The molecule has 1 unspecified atom stereocenters. The molecule has 3 nitrogen and oxygen atoms in total. The summed E-state index contributed by atoms with van der Waals surface area (Å²) in [6.07, 6.45) is 0. The molecule has 1 N–H and O–H groups in total. The van der Waals surface area contributed by atoms with Gasteiger partial charge in [0.1, 0.15) is 11.5 Å². The van der Waals surface area contributed by atoms with Crippen LogP contribution < -0.4 is 5.32 Å². The molecular weight excluding hydrogens is 212 g/mol. The lowest BCUT2D eigenvalue weighted by molar-refractivity contribution is 0.467. The Morgan fingerprint density at radius 2 is 1.88 bits per heavy atom. The molecule has 0 bridgehead atoms. The average Bonchev–Trinajstić information content (AvgIpc) is 2.69. The van der Waals surface area contributed by atoms with Crippen LogP contribution >= 0.6 is 0 Å². The highest BCUT2D eigenvalue weighted by molar-refractivity contribution is 5.49. The third-order valence-electron chi connectivity index (χ3n) is 2.78. The molecule has 2 heterocycles. The van der Waals surface area contributed by atoms with Gasteiger partial charge in [-0.3, -0.25) is 4.98 Å². The monoisotopic (exact) mass is 230 g/mol. The second-order valence-electron chi connectivity index (χ2n) is 4.40. The Bertz CT molecular complexity index is 517. The molecule has 0 saturated heterocycles. The number of nitrogens with one attached hydrogen (secondary N) is 1. The van der Waals surface area contributed by atoms with E-state index in [1.165, 1.54) is 0 Å². The fraction of sp³-hybridized carbons (Fsp3) is 0.357. The highest BCUT2D eigenvalue weighted by atomic mass is 16.3. The summed E-state index contributed by atoms with van der Waals surface area (Å²) < 4.78 is 5.60. The first-order valence-electron chi connectivity index (χ1n) is 5.83. The van der Waals surface area contributed by atoms with Gasteiger partial charge in [0, 0.05) is 5.69 Å². The molecule has 0 aliphatic carbocycles. The van der Waals surface area contributed by atoms with E-state index in [0.29, 0.717) is 0 Å². The summed E-state index contributed by atoms with van der Waals surface area (Å²) >= 11 is 0. The van der Waals surface area contributed by atoms with Crippen LogP contribution in [-0.4, -0.2) is 4.98 Å². The van der Waals surface area contributed by atoms with Gasteiger partial charge >= 0.3 is 0 Å². The third-order valence-corrected chi connectivity index (χ3v) is 2.78. The van der Waals surface area contributed by atoms with Crippen molar-refractivity contribution in [1.82, 2.24) is 4.98 Å². The van der Waals surface area contributed by atoms with Crippen molar-refractivity contribution in [2.45, 2.75) is 33.7 Å². The van der Waals surface area contributed by atoms with E-state index in [1.807, 2.05) is 39.0 Å². The Morgan fingerprint density at radius 1 is 1.12 bits per heavy atom. The van der Waals surface area contributed by atoms with E-state index >= 15 is 0 Å². The average molecular weight is 230 g/mol. The van der Waals surface area contributed by atoms with E-state index < -0.39 is 0 Å². The molecule has 90 valence electrons. The van der Waals surface area contributed by atoms with Gasteiger partial charge in [0.2, 0.25) is 0 Å². The van der Waals surface area contributed by atoms with E-state index in [2.05, 4.69) is 23.3 Å². The van der Waals surface area contributed by atoms with Crippen LogP contribution in [0.5, 0.6) is 0 Å². The van der Waals surface area contributed by atoms with Crippen molar-refractivity contribution in [3.05, 3.63) is 47.2 Å². The van der Waals surface area contributed by atoms with Gasteiger partial charge < -0.3 is 9.73 Å². The molecule has 2 aromatic rings. The second kappa shape index (κ2) is 4.62. The van der Waals surface area contributed by atoms with Crippen LogP contribution in [0.15, 0.2) is 28.7 Å². The van der Waals surface area contributed by atoms with Crippen LogP contribution in [0.25, 0.3) is 0 Å². The van der Waals surface area contributed by atoms with Crippen molar-refractivity contribution < 1.29 is 4.42 Å². The zero-order chi connectivity index (χ0) is 12.4. The van der Waals surface area contributed by atoms with E-state index in [1.54, 1.807) is 0 Å². The number of pyridine rings is 1. The first-order chi connectivity index (χ1) is 8.06. The summed E-state index contributed by atoms with van der Waals surface area (Å²) in [5.41, 5.74) is 3.10. The maximum absolute atomic E-state index is 5.60. The molecule has 0 radical (unpaired) electrons. The molecule has 0 fully saturated rings. The molecule has 0 amide bonds. The Hall–Kier alpha value is -1.77. The van der Waals surface area contributed by atoms with Crippen LogP contribution in [-0.2, 0) is 0 Å². The van der Waals surface area contributed by atoms with E-state index in [-0.39, 0.29) is 6.04 Å². The highest BCUT2D eigenvalue weighted by Crippen LogP contribution is 2.22. The van der Waals surface area contributed by atoms with Crippen molar-refractivity contribution in [3.8, 4) is 0 Å². The Labute approximate surface area is 102 Å². The van der Waals surface area contributed by atoms with Crippen molar-refractivity contribution in [2.24, 2.45) is 0 Å². The summed E-state index contributed by atoms with van der Waals surface area (Å²) in [6.45, 7) is 8.04. The summed E-state index contributed by atoms with van der Waals surface area (Å²) in [5, 5.41) is 3.41. The number of anilines is 1. The zero-order valence-corrected chi connectivity index (χ0v) is 10.7. The fourth-order valence-electron chi connectivity index (χ4n) is 1.83. The molecule has 2 aromatic heterocycles. The van der Waals surface area contributed by atoms with Crippen molar-refractivity contribution in [2.75, 3.05) is 5.32 Å². The van der Waals surface area contributed by atoms with Gasteiger partial charge in [-0.15, -0.1) is 0 Å². The number of nitrogens with zero attached hydrogens (tertiary/aromatic N) is 1. The molecule has 2 rings (SSSR count). The Morgan fingerprint density at radius 3 is 2.47 bits per heavy atom. The fourth-order valence-corrected chi connectivity index (χ4v) is 1.83. The summed E-state index contributed by atoms with van der Waals surface area (Å²) in [4.78, 5) is 4.43. The topological polar surface area (TPSA) is 38.1 Å². The van der Waals surface area contributed by atoms with Crippen LogP contribution in [0.1, 0.15) is 35.9 Å². The maximum Gasteiger partial charge on any atom is 0.126 e. The van der Waals surface area contributed by atoms with E-state index in [9.17, 15) is 0 Å². The number of rotatable bonds is 3. The van der Waals surface area contributed by atoms with Gasteiger partial charge in [-0.05, 0) is 52.0 Å². The predicted molar refractivity (Wildman–Crippen MR) is 69.2 cm³/mol. The Kier molecular flexibility index (Phi) is 3.18. The maximum atomic E-state index is 5.60. The summed E-state index contributed by atoms with van der Waals surface area (Å²) in [6, 6.07) is 8.20.